The van der Waals surface area contributed by atoms with E-state index in [4.69, 9.17) is 16.3 Å². The molecule has 1 fully saturated rings. The van der Waals surface area contributed by atoms with Crippen LogP contribution in [-0.4, -0.2) is 46.0 Å². The standard InChI is InChI=1S/C25H27ClN4O3/c1-16(2)24(32)29(19-11-12-19)15-23(31)28-25-27-22(17-7-9-18(26)10-8-17)14-30(25)20-5-4-6-21(13-20)33-3/h4-10,13-14,16,19H,11-12,15H2,1-3H3,(H,27,28,31). The van der Waals surface area contributed by atoms with Gasteiger partial charge in [-0.2, -0.15) is 0 Å². The van der Waals surface area contributed by atoms with Crippen LogP contribution in [0, 0.1) is 5.92 Å². The van der Waals surface area contributed by atoms with Crippen LogP contribution in [0.15, 0.2) is 54.7 Å². The predicted octanol–water partition coefficient (Wildman–Crippen LogP) is 4.79. The lowest BCUT2D eigenvalue weighted by atomic mass is 10.2. The van der Waals surface area contributed by atoms with Crippen molar-refractivity contribution in [3.63, 3.8) is 0 Å². The van der Waals surface area contributed by atoms with E-state index in [0.717, 1.165) is 24.1 Å². The zero-order valence-electron chi connectivity index (χ0n) is 18.9. The molecule has 8 heteroatoms. The van der Waals surface area contributed by atoms with Crippen LogP contribution in [0.4, 0.5) is 5.95 Å². The quantitative estimate of drug-likeness (QED) is 0.518. The van der Waals surface area contributed by atoms with Gasteiger partial charge in [0, 0.05) is 34.8 Å². The number of ether oxygens (including phenoxy) is 1. The van der Waals surface area contributed by atoms with Gasteiger partial charge in [-0.3, -0.25) is 19.5 Å². The summed E-state index contributed by atoms with van der Waals surface area (Å²) < 4.78 is 7.16. The van der Waals surface area contributed by atoms with Crippen molar-refractivity contribution in [3.05, 3.63) is 59.8 Å². The summed E-state index contributed by atoms with van der Waals surface area (Å²) in [5.74, 6) is 0.604. The lowest BCUT2D eigenvalue weighted by molar-refractivity contribution is -0.138. The average molecular weight is 467 g/mol. The zero-order chi connectivity index (χ0) is 23.5. The molecule has 2 aromatic carbocycles. The van der Waals surface area contributed by atoms with Crippen molar-refractivity contribution >= 4 is 29.4 Å². The highest BCUT2D eigenvalue weighted by Gasteiger charge is 2.34. The van der Waals surface area contributed by atoms with E-state index in [1.807, 2.05) is 56.4 Å². The van der Waals surface area contributed by atoms with E-state index in [1.165, 1.54) is 0 Å². The highest BCUT2D eigenvalue weighted by Crippen LogP contribution is 2.29. The van der Waals surface area contributed by atoms with Crippen LogP contribution in [0.2, 0.25) is 5.02 Å². The second-order valence-electron chi connectivity index (χ2n) is 8.43. The van der Waals surface area contributed by atoms with Gasteiger partial charge in [0.25, 0.3) is 0 Å². The normalized spacial score (nSPS) is 13.1. The summed E-state index contributed by atoms with van der Waals surface area (Å²) in [5.41, 5.74) is 2.34. The van der Waals surface area contributed by atoms with Crippen molar-refractivity contribution in [2.45, 2.75) is 32.7 Å². The number of imidazole rings is 1. The molecule has 0 aliphatic heterocycles. The second kappa shape index (κ2) is 9.67. The van der Waals surface area contributed by atoms with Crippen molar-refractivity contribution in [1.29, 1.82) is 0 Å². The summed E-state index contributed by atoms with van der Waals surface area (Å²) in [6.07, 6.45) is 3.72. The summed E-state index contributed by atoms with van der Waals surface area (Å²) in [6.45, 7) is 3.70. The fourth-order valence-corrected chi connectivity index (χ4v) is 3.74. The van der Waals surface area contributed by atoms with E-state index in [-0.39, 0.29) is 30.3 Å². The van der Waals surface area contributed by atoms with Gasteiger partial charge in [0.15, 0.2) is 0 Å². The van der Waals surface area contributed by atoms with Crippen molar-refractivity contribution in [3.8, 4) is 22.7 Å². The average Bonchev–Trinajstić information content (AvgIpc) is 3.57. The molecule has 1 aliphatic carbocycles. The molecule has 2 amide bonds. The second-order valence-corrected chi connectivity index (χ2v) is 8.86. The molecule has 0 radical (unpaired) electrons. The fourth-order valence-electron chi connectivity index (χ4n) is 3.61. The van der Waals surface area contributed by atoms with Gasteiger partial charge in [0.2, 0.25) is 17.8 Å². The molecule has 1 aliphatic rings. The van der Waals surface area contributed by atoms with Gasteiger partial charge in [-0.25, -0.2) is 4.98 Å². The number of halogens is 1. The Kier molecular flexibility index (Phi) is 6.70. The lowest BCUT2D eigenvalue weighted by Gasteiger charge is -2.23. The van der Waals surface area contributed by atoms with Crippen LogP contribution < -0.4 is 10.1 Å². The maximum absolute atomic E-state index is 13.0. The molecule has 4 rings (SSSR count). The van der Waals surface area contributed by atoms with Gasteiger partial charge in [-0.1, -0.05) is 43.6 Å². The number of nitrogens with one attached hydrogen (secondary N) is 1. The Labute approximate surface area is 198 Å². The molecule has 0 bridgehead atoms. The van der Waals surface area contributed by atoms with Crippen LogP contribution >= 0.6 is 11.6 Å². The van der Waals surface area contributed by atoms with Gasteiger partial charge < -0.3 is 9.64 Å². The van der Waals surface area contributed by atoms with Crippen LogP contribution in [0.1, 0.15) is 26.7 Å². The van der Waals surface area contributed by atoms with E-state index in [1.54, 1.807) is 28.7 Å². The number of methoxy groups -OCH3 is 1. The van der Waals surface area contributed by atoms with Crippen LogP contribution in [-0.2, 0) is 9.59 Å². The Morgan fingerprint density at radius 3 is 2.58 bits per heavy atom. The number of rotatable bonds is 8. The Morgan fingerprint density at radius 1 is 1.21 bits per heavy atom. The van der Waals surface area contributed by atoms with E-state index in [0.29, 0.717) is 22.4 Å². The van der Waals surface area contributed by atoms with E-state index in [9.17, 15) is 9.59 Å². The molecule has 1 saturated carbocycles. The number of hydrogen-bond donors (Lipinski definition) is 1. The lowest BCUT2D eigenvalue weighted by Crippen LogP contribution is -2.41. The molecule has 0 atom stereocenters. The molecule has 7 nitrogen and oxygen atoms in total. The SMILES string of the molecule is COc1cccc(-n2cc(-c3ccc(Cl)cc3)nc2NC(=O)CN(C(=O)C(C)C)C2CC2)c1. The number of nitrogens with zero attached hydrogens (tertiary/aromatic N) is 3. The number of hydrogen-bond acceptors (Lipinski definition) is 4. The zero-order valence-corrected chi connectivity index (χ0v) is 19.7. The monoisotopic (exact) mass is 466 g/mol. The fraction of sp³-hybridized carbons (Fsp3) is 0.320. The molecule has 1 heterocycles. The Morgan fingerprint density at radius 2 is 1.94 bits per heavy atom. The third kappa shape index (κ3) is 5.37. The Bertz CT molecular complexity index is 1150. The number of amides is 2. The molecule has 33 heavy (non-hydrogen) atoms. The van der Waals surface area contributed by atoms with Crippen molar-refractivity contribution in [2.75, 3.05) is 19.0 Å². The molecule has 1 N–H and O–H groups in total. The number of aromatic nitrogens is 2. The third-order valence-electron chi connectivity index (χ3n) is 5.51. The molecule has 0 unspecified atom stereocenters. The van der Waals surface area contributed by atoms with Crippen LogP contribution in [0.25, 0.3) is 16.9 Å². The highest BCUT2D eigenvalue weighted by molar-refractivity contribution is 6.30. The summed E-state index contributed by atoms with van der Waals surface area (Å²) in [7, 11) is 1.60. The molecule has 3 aromatic rings. The summed E-state index contributed by atoms with van der Waals surface area (Å²) in [4.78, 5) is 31.9. The molecule has 172 valence electrons. The Balaban J connectivity index is 1.64. The van der Waals surface area contributed by atoms with E-state index >= 15 is 0 Å². The van der Waals surface area contributed by atoms with Crippen molar-refractivity contribution in [1.82, 2.24) is 14.5 Å². The first-order chi connectivity index (χ1) is 15.9. The summed E-state index contributed by atoms with van der Waals surface area (Å²) in [6, 6.07) is 15.0. The highest BCUT2D eigenvalue weighted by atomic mass is 35.5. The first-order valence-corrected chi connectivity index (χ1v) is 11.3. The maximum Gasteiger partial charge on any atom is 0.246 e. The number of carbonyl (C=O) groups is 2. The first kappa shape index (κ1) is 22.9. The number of benzene rings is 2. The summed E-state index contributed by atoms with van der Waals surface area (Å²) in [5, 5.41) is 3.54. The van der Waals surface area contributed by atoms with Gasteiger partial charge >= 0.3 is 0 Å². The molecule has 0 saturated heterocycles. The third-order valence-corrected chi connectivity index (χ3v) is 5.76. The molecular weight excluding hydrogens is 440 g/mol. The largest absolute Gasteiger partial charge is 0.497 e. The molecule has 0 spiro atoms. The minimum absolute atomic E-state index is 0.00291. The van der Waals surface area contributed by atoms with Crippen LogP contribution in [0.5, 0.6) is 5.75 Å². The van der Waals surface area contributed by atoms with Gasteiger partial charge in [-0.15, -0.1) is 0 Å². The minimum Gasteiger partial charge on any atom is -0.497 e. The molecule has 1 aromatic heterocycles. The topological polar surface area (TPSA) is 76.5 Å². The van der Waals surface area contributed by atoms with E-state index < -0.39 is 0 Å². The predicted molar refractivity (Wildman–Crippen MR) is 129 cm³/mol. The molecular formula is C25H27ClN4O3. The van der Waals surface area contributed by atoms with Gasteiger partial charge in [-0.05, 0) is 37.1 Å². The van der Waals surface area contributed by atoms with Crippen molar-refractivity contribution in [2.24, 2.45) is 5.92 Å². The van der Waals surface area contributed by atoms with Gasteiger partial charge in [0.1, 0.15) is 12.3 Å². The van der Waals surface area contributed by atoms with Crippen molar-refractivity contribution < 1.29 is 14.3 Å². The summed E-state index contributed by atoms with van der Waals surface area (Å²) >= 11 is 6.03. The van der Waals surface area contributed by atoms with Crippen LogP contribution in [0.3, 0.4) is 0 Å². The minimum atomic E-state index is -0.284. The smallest absolute Gasteiger partial charge is 0.246 e. The maximum atomic E-state index is 13.0. The Hall–Kier alpha value is -3.32. The first-order valence-electron chi connectivity index (χ1n) is 11.0. The number of anilines is 1. The van der Waals surface area contributed by atoms with Gasteiger partial charge in [0.05, 0.1) is 18.5 Å². The number of carbonyl (C=O) groups excluding carboxylic acids is 2. The van der Waals surface area contributed by atoms with E-state index in [2.05, 4.69) is 10.3 Å².